The predicted molar refractivity (Wildman–Crippen MR) is 124 cm³/mol. The number of quaternary nitrogens is 1. The van der Waals surface area contributed by atoms with E-state index in [1.54, 1.807) is 0 Å². The lowest BCUT2D eigenvalue weighted by Crippen LogP contribution is -3.13. The van der Waals surface area contributed by atoms with Crippen molar-refractivity contribution in [2.75, 3.05) is 19.6 Å². The molecule has 170 valence electrons. The van der Waals surface area contributed by atoms with E-state index in [-0.39, 0.29) is 12.4 Å². The quantitative estimate of drug-likeness (QED) is 0.542. The maximum Gasteiger partial charge on any atom is 0.314 e. The number of carboxylic acids is 1. The van der Waals surface area contributed by atoms with E-state index in [2.05, 4.69) is 6.07 Å². The monoisotopic (exact) mass is 460 g/mol. The van der Waals surface area contributed by atoms with Gasteiger partial charge in [0.1, 0.15) is 10.8 Å². The van der Waals surface area contributed by atoms with E-state index in [1.807, 2.05) is 91.0 Å². The number of rotatable bonds is 7. The summed E-state index contributed by atoms with van der Waals surface area (Å²) in [6.45, 7) is 2.39. The van der Waals surface area contributed by atoms with E-state index in [1.165, 1.54) is 4.90 Å². The molecule has 1 heterocycles. The van der Waals surface area contributed by atoms with Gasteiger partial charge in [0, 0.05) is 19.3 Å². The molecular weight excluding hydrogens is 432 g/mol. The Bertz CT molecular complexity index is 1030. The normalized spacial score (nSPS) is 20.3. The number of hydrogen-bond donors (Lipinski definition) is 2. The maximum absolute atomic E-state index is 12.3. The first kappa shape index (κ1) is 24.5. The van der Waals surface area contributed by atoms with Crippen LogP contribution in [0.4, 0.5) is 0 Å². The number of carboxylic acid groups (broad SMARTS) is 1. The van der Waals surface area contributed by atoms with Gasteiger partial charge in [0.15, 0.2) is 0 Å². The molecule has 1 saturated heterocycles. The van der Waals surface area contributed by atoms with Crippen molar-refractivity contribution in [3.8, 4) is 6.07 Å². The molecule has 0 amide bonds. The number of nitrogens with one attached hydrogen (secondary N) is 1. The van der Waals surface area contributed by atoms with Crippen LogP contribution in [0.5, 0.6) is 0 Å². The number of carbonyl (C=O) groups is 1. The summed E-state index contributed by atoms with van der Waals surface area (Å²) >= 11 is 0. The summed E-state index contributed by atoms with van der Waals surface area (Å²) in [4.78, 5) is 13.6. The molecule has 0 atom stereocenters. The highest BCUT2D eigenvalue weighted by Gasteiger charge is 2.45. The average Bonchev–Trinajstić information content (AvgIpc) is 2.87. The van der Waals surface area contributed by atoms with Crippen LogP contribution in [0.3, 0.4) is 0 Å². The van der Waals surface area contributed by atoms with Gasteiger partial charge in [0.2, 0.25) is 0 Å². The number of benzene rings is 3. The maximum atomic E-state index is 12.3. The van der Waals surface area contributed by atoms with Gasteiger partial charge in [-0.3, -0.25) is 4.79 Å². The second kappa shape index (κ2) is 10.7. The van der Waals surface area contributed by atoms with E-state index in [4.69, 9.17) is 0 Å². The standard InChI is InChI=1S/C28H28N2O2.ClH/c29-22-28(24-12-6-2-7-13-24,25-14-8-3-9-15-25)18-21-30-19-16-27(17-20-30,26(31)32)23-10-4-1-5-11-23;/h1-15H,16-21H2,(H,31,32);1H. The number of hydrogen-bond acceptors (Lipinski definition) is 2. The van der Waals surface area contributed by atoms with Crippen LogP contribution in [0.25, 0.3) is 0 Å². The van der Waals surface area contributed by atoms with Crippen molar-refractivity contribution < 1.29 is 27.2 Å². The van der Waals surface area contributed by atoms with Crippen LogP contribution in [0.15, 0.2) is 91.0 Å². The van der Waals surface area contributed by atoms with Crippen molar-refractivity contribution in [2.24, 2.45) is 0 Å². The Balaban J connectivity index is 0.00000306. The first-order valence-electron chi connectivity index (χ1n) is 11.3. The van der Waals surface area contributed by atoms with E-state index in [9.17, 15) is 15.2 Å². The van der Waals surface area contributed by atoms with Gasteiger partial charge in [-0.05, 0) is 16.7 Å². The molecule has 0 saturated carbocycles. The number of nitrogens with zero attached hydrogens (tertiary/aromatic N) is 1. The lowest BCUT2D eigenvalue weighted by atomic mass is 9.71. The fraction of sp³-hybridized carbons (Fsp3) is 0.286. The van der Waals surface area contributed by atoms with Gasteiger partial charge >= 0.3 is 5.97 Å². The zero-order chi connectivity index (χ0) is 22.4. The third kappa shape index (κ3) is 4.80. The molecule has 1 aliphatic heterocycles. The van der Waals surface area contributed by atoms with Crippen LogP contribution in [0.1, 0.15) is 36.0 Å². The molecule has 1 aliphatic rings. The Labute approximate surface area is 201 Å². The summed E-state index contributed by atoms with van der Waals surface area (Å²) in [5.74, 6) is -0.734. The van der Waals surface area contributed by atoms with Crippen molar-refractivity contribution in [3.63, 3.8) is 0 Å². The molecule has 3 aromatic rings. The number of likely N-dealkylation sites (tertiary alicyclic amines) is 1. The minimum Gasteiger partial charge on any atom is -1.00 e. The first-order valence-corrected chi connectivity index (χ1v) is 11.3. The highest BCUT2D eigenvalue weighted by molar-refractivity contribution is 5.81. The molecule has 33 heavy (non-hydrogen) atoms. The summed E-state index contributed by atoms with van der Waals surface area (Å²) in [6.07, 6.45) is 1.91. The van der Waals surface area contributed by atoms with Gasteiger partial charge in [-0.1, -0.05) is 91.0 Å². The largest absolute Gasteiger partial charge is 1.00 e. The number of piperidine rings is 1. The van der Waals surface area contributed by atoms with Gasteiger partial charge in [-0.25, -0.2) is 0 Å². The molecule has 0 bridgehead atoms. The van der Waals surface area contributed by atoms with Crippen molar-refractivity contribution in [1.29, 1.82) is 5.26 Å². The summed E-state index contributed by atoms with van der Waals surface area (Å²) in [5, 5.41) is 20.5. The molecule has 5 heteroatoms. The van der Waals surface area contributed by atoms with Gasteiger partial charge in [-0.15, -0.1) is 0 Å². The van der Waals surface area contributed by atoms with Crippen LogP contribution in [-0.2, 0) is 15.6 Å². The molecule has 0 aromatic heterocycles. The molecule has 0 aliphatic carbocycles. The molecule has 0 unspecified atom stereocenters. The lowest BCUT2D eigenvalue weighted by molar-refractivity contribution is -0.906. The molecule has 1 fully saturated rings. The van der Waals surface area contributed by atoms with E-state index >= 15 is 0 Å². The molecular formula is C28H29ClN2O2. The minimum absolute atomic E-state index is 0. The molecule has 2 N–H and O–H groups in total. The van der Waals surface area contributed by atoms with Crippen LogP contribution in [-0.4, -0.2) is 30.7 Å². The molecule has 3 aromatic carbocycles. The fourth-order valence-corrected chi connectivity index (χ4v) is 5.11. The molecule has 4 rings (SSSR count). The zero-order valence-corrected chi connectivity index (χ0v) is 19.3. The summed E-state index contributed by atoms with van der Waals surface area (Å²) in [7, 11) is 0. The Kier molecular flexibility index (Phi) is 7.92. The van der Waals surface area contributed by atoms with Crippen LogP contribution in [0.2, 0.25) is 0 Å². The minimum atomic E-state index is -0.810. The van der Waals surface area contributed by atoms with Gasteiger partial charge < -0.3 is 22.4 Å². The Morgan fingerprint density at radius 2 is 1.33 bits per heavy atom. The Hall–Kier alpha value is -3.13. The van der Waals surface area contributed by atoms with Crippen LogP contribution in [0, 0.1) is 11.3 Å². The predicted octanol–water partition coefficient (Wildman–Crippen LogP) is 0.592. The second-order valence-electron chi connectivity index (χ2n) is 8.75. The topological polar surface area (TPSA) is 65.5 Å². The van der Waals surface area contributed by atoms with Gasteiger partial charge in [-0.2, -0.15) is 5.26 Å². The molecule has 0 spiro atoms. The molecule has 4 nitrogen and oxygen atoms in total. The molecule has 0 radical (unpaired) electrons. The van der Waals surface area contributed by atoms with E-state index in [0.29, 0.717) is 19.3 Å². The summed E-state index contributed by atoms with van der Waals surface area (Å²) < 4.78 is 0. The highest BCUT2D eigenvalue weighted by atomic mass is 35.5. The van der Waals surface area contributed by atoms with Crippen LogP contribution < -0.4 is 17.3 Å². The smallest absolute Gasteiger partial charge is 0.314 e. The van der Waals surface area contributed by atoms with Crippen molar-refractivity contribution in [1.82, 2.24) is 0 Å². The third-order valence-electron chi connectivity index (χ3n) is 7.12. The highest BCUT2D eigenvalue weighted by Crippen LogP contribution is 2.35. The van der Waals surface area contributed by atoms with E-state index in [0.717, 1.165) is 36.3 Å². The van der Waals surface area contributed by atoms with Crippen molar-refractivity contribution in [2.45, 2.75) is 30.1 Å². The Morgan fingerprint density at radius 3 is 1.76 bits per heavy atom. The summed E-state index contributed by atoms with van der Waals surface area (Å²) in [5.41, 5.74) is 1.39. The van der Waals surface area contributed by atoms with Crippen molar-refractivity contribution in [3.05, 3.63) is 108 Å². The average molecular weight is 461 g/mol. The lowest BCUT2D eigenvalue weighted by Gasteiger charge is -2.38. The fourth-order valence-electron chi connectivity index (χ4n) is 5.11. The van der Waals surface area contributed by atoms with Gasteiger partial charge in [0.25, 0.3) is 0 Å². The second-order valence-corrected chi connectivity index (χ2v) is 8.75. The third-order valence-corrected chi connectivity index (χ3v) is 7.12. The number of nitriles is 1. The Morgan fingerprint density at radius 1 is 0.879 bits per heavy atom. The number of halogens is 1. The van der Waals surface area contributed by atoms with Crippen LogP contribution >= 0.6 is 0 Å². The van der Waals surface area contributed by atoms with Crippen molar-refractivity contribution >= 4 is 5.97 Å². The first-order chi connectivity index (χ1) is 15.6. The van der Waals surface area contributed by atoms with E-state index < -0.39 is 16.8 Å². The zero-order valence-electron chi connectivity index (χ0n) is 18.6. The van der Waals surface area contributed by atoms with Gasteiger partial charge in [0.05, 0.1) is 25.7 Å². The summed E-state index contributed by atoms with van der Waals surface area (Å²) in [6, 6.07) is 32.3. The SMILES string of the molecule is N#CC(CC[NH+]1CCC(C(=O)O)(c2ccccc2)CC1)(c1ccccc1)c1ccccc1.[Cl-]. The number of aliphatic carboxylic acids is 1.